The minimum atomic E-state index is -1.13. The van der Waals surface area contributed by atoms with Gasteiger partial charge in [-0.2, -0.15) is 5.10 Å². The number of halogens is 1. The van der Waals surface area contributed by atoms with Gasteiger partial charge in [-0.3, -0.25) is 14.3 Å². The van der Waals surface area contributed by atoms with Crippen LogP contribution in [0.5, 0.6) is 5.75 Å². The van der Waals surface area contributed by atoms with Gasteiger partial charge in [0.1, 0.15) is 11.5 Å². The van der Waals surface area contributed by atoms with Gasteiger partial charge in [-0.05, 0) is 42.2 Å². The molecule has 0 saturated carbocycles. The van der Waals surface area contributed by atoms with Crippen molar-refractivity contribution in [1.29, 1.82) is 0 Å². The van der Waals surface area contributed by atoms with Crippen molar-refractivity contribution in [1.82, 2.24) is 20.1 Å². The summed E-state index contributed by atoms with van der Waals surface area (Å²) in [5.74, 6) is -1.33. The van der Waals surface area contributed by atoms with Gasteiger partial charge >= 0.3 is 5.97 Å². The van der Waals surface area contributed by atoms with E-state index < -0.39 is 30.2 Å². The molecule has 1 amide bonds. The van der Waals surface area contributed by atoms with Crippen LogP contribution in [0.25, 0.3) is 11.3 Å². The first-order chi connectivity index (χ1) is 19.4. The second-order valence-electron chi connectivity index (χ2n) is 9.63. The lowest BCUT2D eigenvalue weighted by atomic mass is 10.0. The van der Waals surface area contributed by atoms with E-state index in [9.17, 15) is 19.1 Å². The molecule has 2 aromatic carbocycles. The van der Waals surface area contributed by atoms with E-state index in [4.69, 9.17) is 14.8 Å². The van der Waals surface area contributed by atoms with Crippen molar-refractivity contribution in [3.05, 3.63) is 95.1 Å². The molecule has 1 aliphatic rings. The standard InChI is InChI=1S/C30H30FN5O4/c1-40-26-12-10-21(16-24(26)31)25(17-27(37)38)34-30(39)23-18-36(35-28(23)19-6-3-2-4-7-19)15-13-22-11-9-20-8-5-14-32-29(20)33-22/h2-4,6-7,9-12,16,18,25H,5,8,13-15,17H2,1H3,(H,32,33)(H,34,39)(H,37,38). The van der Waals surface area contributed by atoms with Crippen molar-refractivity contribution in [2.75, 3.05) is 19.0 Å². The van der Waals surface area contributed by atoms with E-state index in [1.807, 2.05) is 36.4 Å². The van der Waals surface area contributed by atoms with Crippen LogP contribution in [0.1, 0.15) is 46.1 Å². The maximum atomic E-state index is 14.4. The first-order valence-electron chi connectivity index (χ1n) is 13.1. The van der Waals surface area contributed by atoms with Crippen LogP contribution in [0.3, 0.4) is 0 Å². The number of hydrogen-bond donors (Lipinski definition) is 3. The van der Waals surface area contributed by atoms with Crippen LogP contribution in [0, 0.1) is 5.82 Å². The number of nitrogens with one attached hydrogen (secondary N) is 2. The molecule has 0 aliphatic carbocycles. The van der Waals surface area contributed by atoms with E-state index in [1.165, 1.54) is 30.9 Å². The number of hydrogen-bond acceptors (Lipinski definition) is 6. The summed E-state index contributed by atoms with van der Waals surface area (Å²) in [4.78, 5) is 29.9. The highest BCUT2D eigenvalue weighted by Gasteiger charge is 2.24. The van der Waals surface area contributed by atoms with Crippen LogP contribution in [0.2, 0.25) is 0 Å². The number of carboxylic acid groups (broad SMARTS) is 1. The minimum absolute atomic E-state index is 0.0287. The number of nitrogens with zero attached hydrogens (tertiary/aromatic N) is 3. The molecule has 3 N–H and O–H groups in total. The van der Waals surface area contributed by atoms with Gasteiger partial charge in [0, 0.05) is 37.0 Å². The summed E-state index contributed by atoms with van der Waals surface area (Å²) in [5.41, 5.74) is 3.94. The number of carbonyl (C=O) groups excluding carboxylic acids is 1. The molecule has 1 aliphatic heterocycles. The highest BCUT2D eigenvalue weighted by atomic mass is 19.1. The van der Waals surface area contributed by atoms with E-state index >= 15 is 0 Å². The van der Waals surface area contributed by atoms with Crippen molar-refractivity contribution in [3.63, 3.8) is 0 Å². The van der Waals surface area contributed by atoms with E-state index in [0.717, 1.165) is 36.5 Å². The molecule has 10 heteroatoms. The number of carbonyl (C=O) groups is 2. The van der Waals surface area contributed by atoms with E-state index in [1.54, 1.807) is 10.9 Å². The fourth-order valence-electron chi connectivity index (χ4n) is 4.81. The molecule has 5 rings (SSSR count). The summed E-state index contributed by atoms with van der Waals surface area (Å²) < 4.78 is 21.1. The van der Waals surface area contributed by atoms with Gasteiger partial charge in [-0.25, -0.2) is 9.37 Å². The fourth-order valence-corrected chi connectivity index (χ4v) is 4.81. The lowest BCUT2D eigenvalue weighted by molar-refractivity contribution is -0.137. The van der Waals surface area contributed by atoms with Crippen LogP contribution in [-0.2, 0) is 24.2 Å². The second-order valence-corrected chi connectivity index (χ2v) is 9.63. The summed E-state index contributed by atoms with van der Waals surface area (Å²) >= 11 is 0. The Morgan fingerprint density at radius 2 is 2.00 bits per heavy atom. The monoisotopic (exact) mass is 543 g/mol. The van der Waals surface area contributed by atoms with E-state index in [-0.39, 0.29) is 11.3 Å². The lowest BCUT2D eigenvalue weighted by Gasteiger charge is -2.18. The normalized spacial score (nSPS) is 13.2. The first-order valence-corrected chi connectivity index (χ1v) is 13.1. The molecule has 40 heavy (non-hydrogen) atoms. The number of methoxy groups -OCH3 is 1. The number of benzene rings is 2. The molecule has 1 unspecified atom stereocenters. The van der Waals surface area contributed by atoms with E-state index in [0.29, 0.717) is 24.2 Å². The molecule has 9 nitrogen and oxygen atoms in total. The molecule has 4 aromatic rings. The predicted octanol–water partition coefficient (Wildman–Crippen LogP) is 4.64. The average molecular weight is 544 g/mol. The lowest BCUT2D eigenvalue weighted by Crippen LogP contribution is -2.30. The van der Waals surface area contributed by atoms with Gasteiger partial charge < -0.3 is 20.5 Å². The number of carboxylic acids is 1. The maximum Gasteiger partial charge on any atom is 0.305 e. The average Bonchev–Trinajstić information content (AvgIpc) is 3.40. The molecule has 0 radical (unpaired) electrons. The zero-order valence-electron chi connectivity index (χ0n) is 22.1. The van der Waals surface area contributed by atoms with E-state index in [2.05, 4.69) is 16.7 Å². The van der Waals surface area contributed by atoms with Gasteiger partial charge in [-0.1, -0.05) is 42.5 Å². The second kappa shape index (κ2) is 12.0. The van der Waals surface area contributed by atoms with Crippen LogP contribution in [0.4, 0.5) is 10.2 Å². The fraction of sp³-hybridized carbons (Fsp3) is 0.267. The van der Waals surface area contributed by atoms with Crippen LogP contribution in [0.15, 0.2) is 66.9 Å². The van der Waals surface area contributed by atoms with Gasteiger partial charge in [-0.15, -0.1) is 0 Å². The molecule has 3 heterocycles. The van der Waals surface area contributed by atoms with Crippen LogP contribution < -0.4 is 15.4 Å². The summed E-state index contributed by atoms with van der Waals surface area (Å²) in [7, 11) is 1.34. The minimum Gasteiger partial charge on any atom is -0.494 e. The van der Waals surface area contributed by atoms with Crippen LogP contribution in [-0.4, -0.2) is 45.4 Å². The highest BCUT2D eigenvalue weighted by Crippen LogP contribution is 2.27. The van der Waals surface area contributed by atoms with Crippen LogP contribution >= 0.6 is 0 Å². The number of fused-ring (bicyclic) bond motifs is 1. The topological polar surface area (TPSA) is 118 Å². The Labute approximate surface area is 231 Å². The zero-order chi connectivity index (χ0) is 28.1. The zero-order valence-corrected chi connectivity index (χ0v) is 22.1. The van der Waals surface area contributed by atoms with Crippen molar-refractivity contribution in [2.45, 2.75) is 38.3 Å². The Morgan fingerprint density at radius 3 is 2.75 bits per heavy atom. The largest absolute Gasteiger partial charge is 0.494 e. The smallest absolute Gasteiger partial charge is 0.305 e. The SMILES string of the molecule is COc1ccc(C(CC(=O)O)NC(=O)c2cn(CCc3ccc4c(n3)NCCC4)nc2-c2ccccc2)cc1F. The summed E-state index contributed by atoms with van der Waals surface area (Å²) in [5, 5.41) is 20.3. The summed E-state index contributed by atoms with van der Waals surface area (Å²) in [6, 6.07) is 16.6. The van der Waals surface area contributed by atoms with Crippen molar-refractivity contribution in [3.8, 4) is 17.0 Å². The molecular formula is C30H30FN5O4. The molecule has 0 spiro atoms. The third kappa shape index (κ3) is 6.12. The Balaban J connectivity index is 1.40. The molecule has 1 atom stereocenters. The molecule has 0 bridgehead atoms. The number of amides is 1. The Hall–Kier alpha value is -4.73. The quantitative estimate of drug-likeness (QED) is 0.267. The number of rotatable bonds is 10. The third-order valence-electron chi connectivity index (χ3n) is 6.86. The van der Waals surface area contributed by atoms with Crippen molar-refractivity contribution in [2.24, 2.45) is 0 Å². The number of aromatic nitrogens is 3. The number of aryl methyl sites for hydroxylation is 3. The highest BCUT2D eigenvalue weighted by molar-refractivity contribution is 6.00. The molecule has 2 aromatic heterocycles. The molecule has 0 fully saturated rings. The first kappa shape index (κ1) is 26.9. The Kier molecular flexibility index (Phi) is 8.04. The number of pyridine rings is 1. The summed E-state index contributed by atoms with van der Waals surface area (Å²) in [6.07, 6.45) is 3.94. The van der Waals surface area contributed by atoms with Crippen molar-refractivity contribution < 1.29 is 23.8 Å². The molecule has 0 saturated heterocycles. The number of aliphatic carboxylic acids is 1. The van der Waals surface area contributed by atoms with Gasteiger partial charge in [0.2, 0.25) is 0 Å². The maximum absolute atomic E-state index is 14.4. The molecule has 206 valence electrons. The van der Waals surface area contributed by atoms with Gasteiger partial charge in [0.05, 0.1) is 25.1 Å². The van der Waals surface area contributed by atoms with Gasteiger partial charge in [0.15, 0.2) is 11.6 Å². The predicted molar refractivity (Wildman–Crippen MR) is 148 cm³/mol. The Morgan fingerprint density at radius 1 is 1.18 bits per heavy atom. The van der Waals surface area contributed by atoms with Gasteiger partial charge in [0.25, 0.3) is 5.91 Å². The Bertz CT molecular complexity index is 1520. The number of ether oxygens (including phenoxy) is 1. The number of anilines is 1. The third-order valence-corrected chi connectivity index (χ3v) is 6.86. The summed E-state index contributed by atoms with van der Waals surface area (Å²) in [6.45, 7) is 1.40. The molecular weight excluding hydrogens is 513 g/mol. The van der Waals surface area contributed by atoms with Crippen molar-refractivity contribution >= 4 is 17.7 Å².